The van der Waals surface area contributed by atoms with Crippen molar-refractivity contribution in [1.82, 2.24) is 4.31 Å². The van der Waals surface area contributed by atoms with Crippen LogP contribution in [0.15, 0.2) is 0 Å². The molecule has 0 radical (unpaired) electrons. The van der Waals surface area contributed by atoms with E-state index in [9.17, 15) is 8.42 Å². The SMILES string of the molecule is CC1CN(S(=O)(=O)CCOCCN)CCCO1. The van der Waals surface area contributed by atoms with E-state index in [1.807, 2.05) is 6.92 Å². The number of nitrogens with two attached hydrogens (primary N) is 1. The molecule has 0 aliphatic carbocycles. The number of rotatable bonds is 6. The lowest BCUT2D eigenvalue weighted by Crippen LogP contribution is -2.38. The molecule has 102 valence electrons. The van der Waals surface area contributed by atoms with Crippen LogP contribution < -0.4 is 5.73 Å². The number of ether oxygens (including phenoxy) is 2. The summed E-state index contributed by atoms with van der Waals surface area (Å²) in [5, 5.41) is 0. The standard InChI is InChI=1S/C10H22N2O4S/c1-10-9-12(4-2-5-16-10)17(13,14)8-7-15-6-3-11/h10H,2-9,11H2,1H3. The second kappa shape index (κ2) is 7.27. The van der Waals surface area contributed by atoms with Gasteiger partial charge in [0, 0.05) is 26.2 Å². The summed E-state index contributed by atoms with van der Waals surface area (Å²) in [6, 6.07) is 0. The van der Waals surface area contributed by atoms with Crippen LogP contribution in [0.4, 0.5) is 0 Å². The van der Waals surface area contributed by atoms with Crippen molar-refractivity contribution in [2.75, 3.05) is 45.2 Å². The molecule has 0 spiro atoms. The molecule has 1 atom stereocenters. The average Bonchev–Trinajstić information content (AvgIpc) is 2.50. The first kappa shape index (κ1) is 14.8. The second-order valence-electron chi connectivity index (χ2n) is 4.11. The van der Waals surface area contributed by atoms with Gasteiger partial charge in [-0.1, -0.05) is 0 Å². The molecule has 17 heavy (non-hydrogen) atoms. The molecule has 1 saturated heterocycles. The van der Waals surface area contributed by atoms with Crippen molar-refractivity contribution in [2.24, 2.45) is 5.73 Å². The fourth-order valence-electron chi connectivity index (χ4n) is 1.69. The predicted molar refractivity (Wildman–Crippen MR) is 65.3 cm³/mol. The van der Waals surface area contributed by atoms with Crippen molar-refractivity contribution in [2.45, 2.75) is 19.4 Å². The van der Waals surface area contributed by atoms with Gasteiger partial charge in [-0.15, -0.1) is 0 Å². The van der Waals surface area contributed by atoms with E-state index in [1.165, 1.54) is 4.31 Å². The van der Waals surface area contributed by atoms with Crippen molar-refractivity contribution < 1.29 is 17.9 Å². The van der Waals surface area contributed by atoms with Gasteiger partial charge in [0.05, 0.1) is 25.1 Å². The smallest absolute Gasteiger partial charge is 0.216 e. The summed E-state index contributed by atoms with van der Waals surface area (Å²) in [5.74, 6) is 0.0136. The summed E-state index contributed by atoms with van der Waals surface area (Å²) in [6.07, 6.45) is 0.699. The molecular formula is C10H22N2O4S. The lowest BCUT2D eigenvalue weighted by molar-refractivity contribution is 0.0751. The van der Waals surface area contributed by atoms with E-state index in [0.717, 1.165) is 6.42 Å². The molecule has 7 heteroatoms. The molecule has 1 unspecified atom stereocenters. The first-order valence-corrected chi connectivity index (χ1v) is 7.54. The number of nitrogens with zero attached hydrogens (tertiary/aromatic N) is 1. The maximum atomic E-state index is 12.0. The Hall–Kier alpha value is -0.210. The third-order valence-corrected chi connectivity index (χ3v) is 4.36. The van der Waals surface area contributed by atoms with E-state index in [4.69, 9.17) is 15.2 Å². The van der Waals surface area contributed by atoms with E-state index in [-0.39, 0.29) is 18.5 Å². The van der Waals surface area contributed by atoms with Gasteiger partial charge < -0.3 is 15.2 Å². The van der Waals surface area contributed by atoms with Gasteiger partial charge in [-0.25, -0.2) is 8.42 Å². The van der Waals surface area contributed by atoms with Crippen molar-refractivity contribution in [3.8, 4) is 0 Å². The van der Waals surface area contributed by atoms with Gasteiger partial charge in [0.15, 0.2) is 0 Å². The van der Waals surface area contributed by atoms with Gasteiger partial charge in [-0.3, -0.25) is 0 Å². The molecule has 0 bridgehead atoms. The Kier molecular flexibility index (Phi) is 6.35. The van der Waals surface area contributed by atoms with Crippen molar-refractivity contribution in [3.05, 3.63) is 0 Å². The van der Waals surface area contributed by atoms with E-state index >= 15 is 0 Å². The van der Waals surface area contributed by atoms with Gasteiger partial charge >= 0.3 is 0 Å². The zero-order valence-electron chi connectivity index (χ0n) is 10.3. The molecular weight excluding hydrogens is 244 g/mol. The molecule has 6 nitrogen and oxygen atoms in total. The zero-order valence-corrected chi connectivity index (χ0v) is 11.1. The maximum Gasteiger partial charge on any atom is 0.216 e. The highest BCUT2D eigenvalue weighted by atomic mass is 32.2. The van der Waals surface area contributed by atoms with Crippen LogP contribution >= 0.6 is 0 Å². The van der Waals surface area contributed by atoms with E-state index < -0.39 is 10.0 Å². The molecule has 1 aliphatic rings. The first-order chi connectivity index (χ1) is 8.06. The minimum atomic E-state index is -3.23. The Morgan fingerprint density at radius 2 is 2.24 bits per heavy atom. The zero-order chi connectivity index (χ0) is 12.7. The number of sulfonamides is 1. The van der Waals surface area contributed by atoms with E-state index in [2.05, 4.69) is 0 Å². The topological polar surface area (TPSA) is 81.9 Å². The Labute approximate surface area is 103 Å². The third-order valence-electron chi connectivity index (χ3n) is 2.56. The summed E-state index contributed by atoms with van der Waals surface area (Å²) >= 11 is 0. The van der Waals surface area contributed by atoms with Crippen molar-refractivity contribution >= 4 is 10.0 Å². The minimum Gasteiger partial charge on any atom is -0.379 e. The fraction of sp³-hybridized carbons (Fsp3) is 1.00. The van der Waals surface area contributed by atoms with Crippen LogP contribution in [0.2, 0.25) is 0 Å². The second-order valence-corrected chi connectivity index (χ2v) is 6.20. The highest BCUT2D eigenvalue weighted by Crippen LogP contribution is 2.10. The van der Waals surface area contributed by atoms with Crippen LogP contribution in [0.5, 0.6) is 0 Å². The molecule has 1 fully saturated rings. The fourth-order valence-corrected chi connectivity index (χ4v) is 3.12. The number of hydrogen-bond acceptors (Lipinski definition) is 5. The highest BCUT2D eigenvalue weighted by molar-refractivity contribution is 7.89. The Balaban J connectivity index is 2.44. The minimum absolute atomic E-state index is 0.0136. The molecule has 0 saturated carbocycles. The normalized spacial score (nSPS) is 23.5. The molecule has 1 rings (SSSR count). The van der Waals surface area contributed by atoms with Crippen LogP contribution in [0.3, 0.4) is 0 Å². The van der Waals surface area contributed by atoms with Gasteiger partial charge in [0.25, 0.3) is 0 Å². The molecule has 0 aromatic carbocycles. The first-order valence-electron chi connectivity index (χ1n) is 5.93. The predicted octanol–water partition coefficient (Wildman–Crippen LogP) is -0.598. The van der Waals surface area contributed by atoms with E-state index in [0.29, 0.717) is 32.8 Å². The number of hydrogen-bond donors (Lipinski definition) is 1. The van der Waals surface area contributed by atoms with Crippen LogP contribution in [0.25, 0.3) is 0 Å². The van der Waals surface area contributed by atoms with Crippen LogP contribution in [-0.4, -0.2) is 64.0 Å². The molecule has 1 aliphatic heterocycles. The van der Waals surface area contributed by atoms with Gasteiger partial charge in [0.1, 0.15) is 0 Å². The highest BCUT2D eigenvalue weighted by Gasteiger charge is 2.25. The van der Waals surface area contributed by atoms with Crippen molar-refractivity contribution in [1.29, 1.82) is 0 Å². The molecule has 2 N–H and O–H groups in total. The summed E-state index contributed by atoms with van der Waals surface area (Å²) in [7, 11) is -3.23. The van der Waals surface area contributed by atoms with E-state index in [1.54, 1.807) is 0 Å². The van der Waals surface area contributed by atoms with Gasteiger partial charge in [-0.05, 0) is 13.3 Å². The monoisotopic (exact) mass is 266 g/mol. The third kappa shape index (κ3) is 5.31. The summed E-state index contributed by atoms with van der Waals surface area (Å²) < 4.78 is 36.0. The lowest BCUT2D eigenvalue weighted by Gasteiger charge is -2.21. The Morgan fingerprint density at radius 1 is 1.47 bits per heavy atom. The van der Waals surface area contributed by atoms with Crippen LogP contribution in [0.1, 0.15) is 13.3 Å². The largest absolute Gasteiger partial charge is 0.379 e. The molecule has 0 aromatic rings. The van der Waals surface area contributed by atoms with Crippen LogP contribution in [-0.2, 0) is 19.5 Å². The summed E-state index contributed by atoms with van der Waals surface area (Å²) in [5.41, 5.74) is 5.26. The summed E-state index contributed by atoms with van der Waals surface area (Å²) in [4.78, 5) is 0. The quantitative estimate of drug-likeness (QED) is 0.649. The Bertz CT molecular complexity index is 307. The molecule has 0 aromatic heterocycles. The molecule has 0 amide bonds. The van der Waals surface area contributed by atoms with Crippen LogP contribution in [0, 0.1) is 0 Å². The maximum absolute atomic E-state index is 12.0. The van der Waals surface area contributed by atoms with Crippen molar-refractivity contribution in [3.63, 3.8) is 0 Å². The lowest BCUT2D eigenvalue weighted by atomic mass is 10.4. The Morgan fingerprint density at radius 3 is 2.94 bits per heavy atom. The van der Waals surface area contributed by atoms with Gasteiger partial charge in [0.2, 0.25) is 10.0 Å². The average molecular weight is 266 g/mol. The van der Waals surface area contributed by atoms with Gasteiger partial charge in [-0.2, -0.15) is 4.31 Å². The molecule has 1 heterocycles. The summed E-state index contributed by atoms with van der Waals surface area (Å²) in [6.45, 7) is 4.48.